The Labute approximate surface area is 122 Å². The molecule has 2 aliphatic carbocycles. The molecule has 0 bridgehead atoms. The summed E-state index contributed by atoms with van der Waals surface area (Å²) in [5.41, 5.74) is 0. The van der Waals surface area contributed by atoms with E-state index in [2.05, 4.69) is 8.85 Å². The average Bonchev–Trinajstić information content (AvgIpc) is 2.85. The maximum Gasteiger partial charge on any atom is 0.303 e. The molecule has 0 heterocycles. The Morgan fingerprint density at radius 2 is 0.895 bits per heavy atom. The molecule has 0 radical (unpaired) electrons. The first kappa shape index (κ1) is 17.2. The second kappa shape index (κ2) is 11.9. The van der Waals surface area contributed by atoms with E-state index in [0.29, 0.717) is 0 Å². The van der Waals surface area contributed by atoms with Crippen LogP contribution in [0.1, 0.15) is 77.0 Å². The van der Waals surface area contributed by atoms with Crippen LogP contribution in [0.2, 0.25) is 0 Å². The molecule has 0 amide bonds. The van der Waals surface area contributed by atoms with Gasteiger partial charge in [-0.3, -0.25) is 0 Å². The fraction of sp³-hybridized carbons (Fsp3) is 1.00. The third-order valence-corrected chi connectivity index (χ3v) is 5.17. The molecule has 114 valence electrons. The lowest BCUT2D eigenvalue weighted by Crippen LogP contribution is -2.13. The van der Waals surface area contributed by atoms with Gasteiger partial charge in [-0.2, -0.15) is 0 Å². The van der Waals surface area contributed by atoms with Crippen LogP contribution in [0.4, 0.5) is 0 Å². The van der Waals surface area contributed by atoms with Crippen molar-refractivity contribution in [3.05, 3.63) is 0 Å². The van der Waals surface area contributed by atoms with Crippen molar-refractivity contribution in [1.82, 2.24) is 0 Å². The predicted octanol–water partition coefficient (Wildman–Crippen LogP) is 4.21. The van der Waals surface area contributed by atoms with Crippen molar-refractivity contribution in [3.63, 3.8) is 0 Å². The van der Waals surface area contributed by atoms with Gasteiger partial charge < -0.3 is 8.85 Å². The highest BCUT2D eigenvalue weighted by Gasteiger charge is 2.23. The van der Waals surface area contributed by atoms with Crippen LogP contribution >= 0.6 is 0 Å². The van der Waals surface area contributed by atoms with Gasteiger partial charge in [-0.15, -0.1) is 0 Å². The second-order valence-corrected chi connectivity index (χ2v) is 7.59. The zero-order valence-corrected chi connectivity index (χ0v) is 14.6. The smallest absolute Gasteiger partial charge is 0.303 e. The third kappa shape index (κ3) is 8.11. The van der Waals surface area contributed by atoms with Gasteiger partial charge in [0.1, 0.15) is 0 Å². The van der Waals surface area contributed by atoms with Crippen molar-refractivity contribution < 1.29 is 8.85 Å². The number of rotatable bonds is 3. The summed E-state index contributed by atoms with van der Waals surface area (Å²) in [6.07, 6.45) is 18.4. The highest BCUT2D eigenvalue weighted by atomic mass is 28.3. The van der Waals surface area contributed by atoms with Crippen LogP contribution in [0.3, 0.4) is 0 Å². The molecule has 2 nitrogen and oxygen atoms in total. The van der Waals surface area contributed by atoms with E-state index in [9.17, 15) is 0 Å². The molecule has 0 unspecified atom stereocenters. The maximum absolute atomic E-state index is 4.61. The molecule has 0 aliphatic heterocycles. The molecule has 0 atom stereocenters. The van der Waals surface area contributed by atoms with E-state index in [1.54, 1.807) is 39.9 Å². The first-order chi connectivity index (χ1) is 9.38. The summed E-state index contributed by atoms with van der Waals surface area (Å²) in [5.74, 6) is 2.24. The number of hydrogen-bond donors (Lipinski definition) is 0. The van der Waals surface area contributed by atoms with Crippen molar-refractivity contribution in [2.45, 2.75) is 77.0 Å². The van der Waals surface area contributed by atoms with Gasteiger partial charge in [-0.05, 0) is 11.8 Å². The zero-order chi connectivity index (χ0) is 13.8. The maximum atomic E-state index is 4.61. The summed E-state index contributed by atoms with van der Waals surface area (Å²) >= 11 is 0. The van der Waals surface area contributed by atoms with Gasteiger partial charge in [0.2, 0.25) is 0 Å². The molecule has 0 spiro atoms. The molecule has 0 aromatic heterocycles. The summed E-state index contributed by atoms with van der Waals surface area (Å²) < 4.78 is 9.22. The van der Waals surface area contributed by atoms with E-state index in [0.717, 1.165) is 11.8 Å². The van der Waals surface area contributed by atoms with Crippen molar-refractivity contribution in [2.24, 2.45) is 11.8 Å². The van der Waals surface area contributed by atoms with Crippen LogP contribution in [0, 0.1) is 11.8 Å². The minimum absolute atomic E-state index is 0.568. The fourth-order valence-electron chi connectivity index (χ4n) is 3.68. The largest absolute Gasteiger partial charge is 0.402 e. The quantitative estimate of drug-likeness (QED) is 0.572. The summed E-state index contributed by atoms with van der Waals surface area (Å²) in [7, 11) is 2.73. The molecule has 2 rings (SSSR count). The van der Waals surface area contributed by atoms with Crippen molar-refractivity contribution in [1.29, 1.82) is 0 Å². The molecule has 2 saturated carbocycles. The van der Waals surface area contributed by atoms with Crippen LogP contribution in [-0.2, 0) is 8.85 Å². The van der Waals surface area contributed by atoms with E-state index in [1.165, 1.54) is 51.4 Å². The van der Waals surface area contributed by atoms with Crippen LogP contribution in [-0.4, -0.2) is 24.2 Å². The molecule has 2 aliphatic rings. The van der Waals surface area contributed by atoms with Gasteiger partial charge in [0, 0.05) is 14.2 Å². The highest BCUT2D eigenvalue weighted by molar-refractivity contribution is 6.17. The minimum atomic E-state index is -0.568. The van der Waals surface area contributed by atoms with Gasteiger partial charge >= 0.3 is 10.0 Å². The van der Waals surface area contributed by atoms with Crippen molar-refractivity contribution in [2.75, 3.05) is 14.2 Å². The van der Waals surface area contributed by atoms with E-state index in [1.807, 2.05) is 0 Å². The molecule has 19 heavy (non-hydrogen) atoms. The van der Waals surface area contributed by atoms with Crippen LogP contribution in [0.15, 0.2) is 0 Å². The molecule has 0 N–H and O–H groups in total. The first-order valence-corrected chi connectivity index (χ1v) is 9.51. The Balaban J connectivity index is 0.000000312. The molecular weight excluding hydrogens is 252 g/mol. The average molecular weight is 287 g/mol. The number of hydrogen-bond acceptors (Lipinski definition) is 2. The van der Waals surface area contributed by atoms with Gasteiger partial charge in [-0.1, -0.05) is 77.0 Å². The summed E-state index contributed by atoms with van der Waals surface area (Å²) in [6, 6.07) is 0. The SMILES string of the molecule is C1CCCC(C2CCCCCC2)CC1.CO[SiH2]OC. The van der Waals surface area contributed by atoms with Crippen LogP contribution < -0.4 is 0 Å². The summed E-state index contributed by atoms with van der Waals surface area (Å²) in [5, 5.41) is 0. The van der Waals surface area contributed by atoms with Crippen LogP contribution in [0.25, 0.3) is 0 Å². The lowest BCUT2D eigenvalue weighted by molar-refractivity contribution is 0.269. The zero-order valence-electron chi connectivity index (χ0n) is 13.2. The molecular formula is C16H34O2Si. The fourth-order valence-corrected chi connectivity index (χ4v) is 3.92. The van der Waals surface area contributed by atoms with E-state index in [-0.39, 0.29) is 0 Å². The van der Waals surface area contributed by atoms with Crippen molar-refractivity contribution in [3.8, 4) is 0 Å². The molecule has 0 aromatic carbocycles. The highest BCUT2D eigenvalue weighted by Crippen LogP contribution is 2.36. The molecule has 3 heteroatoms. The standard InChI is InChI=1S/C14H26.C2H8O2Si/c1-2-6-10-13(9-5-1)14-11-7-3-4-8-12-14;1-3-5-4-2/h13-14H,1-12H2;5H2,1-2H3. The normalized spacial score (nSPS) is 23.1. The van der Waals surface area contributed by atoms with E-state index >= 15 is 0 Å². The second-order valence-electron chi connectivity index (χ2n) is 6.20. The third-order valence-electron chi connectivity index (χ3n) is 4.70. The molecule has 2 fully saturated rings. The van der Waals surface area contributed by atoms with E-state index in [4.69, 9.17) is 0 Å². The Kier molecular flexibility index (Phi) is 10.8. The van der Waals surface area contributed by atoms with Crippen molar-refractivity contribution >= 4 is 10.0 Å². The Morgan fingerprint density at radius 1 is 0.579 bits per heavy atom. The summed E-state index contributed by atoms with van der Waals surface area (Å²) in [4.78, 5) is 0. The molecule has 0 saturated heterocycles. The predicted molar refractivity (Wildman–Crippen MR) is 84.9 cm³/mol. The first-order valence-electron chi connectivity index (χ1n) is 8.36. The van der Waals surface area contributed by atoms with Gasteiger partial charge in [0.05, 0.1) is 0 Å². The van der Waals surface area contributed by atoms with Gasteiger partial charge in [0.25, 0.3) is 0 Å². The van der Waals surface area contributed by atoms with Crippen LogP contribution in [0.5, 0.6) is 0 Å². The minimum Gasteiger partial charge on any atom is -0.402 e. The lowest BCUT2D eigenvalue weighted by atomic mass is 9.81. The molecule has 0 aromatic rings. The Bertz CT molecular complexity index is 163. The lowest BCUT2D eigenvalue weighted by Gasteiger charge is -2.24. The Hall–Kier alpha value is 0.137. The summed E-state index contributed by atoms with van der Waals surface area (Å²) in [6.45, 7) is 0. The topological polar surface area (TPSA) is 18.5 Å². The van der Waals surface area contributed by atoms with Gasteiger partial charge in [-0.25, -0.2) is 0 Å². The van der Waals surface area contributed by atoms with Gasteiger partial charge in [0.15, 0.2) is 0 Å². The van der Waals surface area contributed by atoms with E-state index < -0.39 is 10.0 Å². The Morgan fingerprint density at radius 3 is 1.11 bits per heavy atom. The monoisotopic (exact) mass is 286 g/mol.